The maximum Gasteiger partial charge on any atom is 0.236 e. The number of nitrogens with zero attached hydrogens (tertiary/aromatic N) is 1. The third-order valence-electron chi connectivity index (χ3n) is 1.38. The second-order valence-corrected chi connectivity index (χ2v) is 3.66. The zero-order valence-corrected chi connectivity index (χ0v) is 8.60. The highest BCUT2D eigenvalue weighted by atomic mass is 79.9. The van der Waals surface area contributed by atoms with Crippen LogP contribution in [0.25, 0.3) is 0 Å². The van der Waals surface area contributed by atoms with E-state index in [1.165, 1.54) is 0 Å². The van der Waals surface area contributed by atoms with Crippen LogP contribution in [0.5, 0.6) is 0 Å². The van der Waals surface area contributed by atoms with Gasteiger partial charge < -0.3 is 4.90 Å². The van der Waals surface area contributed by atoms with E-state index in [0.717, 1.165) is 6.54 Å². The molecule has 11 heavy (non-hydrogen) atoms. The van der Waals surface area contributed by atoms with Crippen molar-refractivity contribution < 1.29 is 4.79 Å². The molecule has 0 aromatic rings. The first kappa shape index (κ1) is 10.7. The SMILES string of the molecule is C=CCN(CC)C(=O)C(C)Br. The summed E-state index contributed by atoms with van der Waals surface area (Å²) in [4.78, 5) is 12.9. The second kappa shape index (κ2) is 5.35. The molecular formula is C8H14BrNO. The van der Waals surface area contributed by atoms with Crippen LogP contribution in [-0.2, 0) is 4.79 Å². The Labute approximate surface area is 76.4 Å². The minimum Gasteiger partial charge on any atom is -0.338 e. The number of likely N-dealkylation sites (N-methyl/N-ethyl adjacent to an activating group) is 1. The molecule has 64 valence electrons. The Bertz CT molecular complexity index is 145. The van der Waals surface area contributed by atoms with Crippen molar-refractivity contribution in [2.24, 2.45) is 0 Å². The molecule has 0 aromatic heterocycles. The Kier molecular flexibility index (Phi) is 5.20. The Balaban J connectivity index is 4.02. The molecule has 0 spiro atoms. The quantitative estimate of drug-likeness (QED) is 0.522. The highest BCUT2D eigenvalue weighted by Crippen LogP contribution is 2.03. The minimum absolute atomic E-state index is 0.0950. The zero-order valence-electron chi connectivity index (χ0n) is 7.01. The molecule has 0 rings (SSSR count). The van der Waals surface area contributed by atoms with Gasteiger partial charge in [-0.05, 0) is 13.8 Å². The molecule has 0 aromatic carbocycles. The molecule has 0 radical (unpaired) electrons. The van der Waals surface area contributed by atoms with Crippen molar-refractivity contribution in [3.8, 4) is 0 Å². The van der Waals surface area contributed by atoms with Crippen LogP contribution in [-0.4, -0.2) is 28.7 Å². The highest BCUT2D eigenvalue weighted by Gasteiger charge is 2.14. The summed E-state index contributed by atoms with van der Waals surface area (Å²) in [5.41, 5.74) is 0. The average molecular weight is 220 g/mol. The lowest BCUT2D eigenvalue weighted by atomic mass is 10.4. The van der Waals surface area contributed by atoms with Gasteiger partial charge in [-0.3, -0.25) is 4.79 Å². The summed E-state index contributed by atoms with van der Waals surface area (Å²) >= 11 is 3.23. The van der Waals surface area contributed by atoms with Gasteiger partial charge in [0.05, 0.1) is 4.83 Å². The van der Waals surface area contributed by atoms with Crippen LogP contribution in [0.15, 0.2) is 12.7 Å². The van der Waals surface area contributed by atoms with E-state index in [0.29, 0.717) is 6.54 Å². The fourth-order valence-electron chi connectivity index (χ4n) is 0.782. The average Bonchev–Trinajstić information content (AvgIpc) is 1.98. The molecule has 1 amide bonds. The Hall–Kier alpha value is -0.310. The monoisotopic (exact) mass is 219 g/mol. The fraction of sp³-hybridized carbons (Fsp3) is 0.625. The normalized spacial score (nSPS) is 12.3. The molecule has 0 aliphatic heterocycles. The zero-order chi connectivity index (χ0) is 8.85. The van der Waals surface area contributed by atoms with Gasteiger partial charge in [0.1, 0.15) is 0 Å². The molecule has 0 bridgehead atoms. The van der Waals surface area contributed by atoms with Crippen molar-refractivity contribution in [3.63, 3.8) is 0 Å². The topological polar surface area (TPSA) is 20.3 Å². The largest absolute Gasteiger partial charge is 0.338 e. The van der Waals surface area contributed by atoms with Gasteiger partial charge in [0.15, 0.2) is 0 Å². The van der Waals surface area contributed by atoms with Gasteiger partial charge >= 0.3 is 0 Å². The summed E-state index contributed by atoms with van der Waals surface area (Å²) in [7, 11) is 0. The van der Waals surface area contributed by atoms with Gasteiger partial charge in [0.2, 0.25) is 5.91 Å². The smallest absolute Gasteiger partial charge is 0.236 e. The standard InChI is InChI=1S/C8H14BrNO/c1-4-6-10(5-2)8(11)7(3)9/h4,7H,1,5-6H2,2-3H3. The van der Waals surface area contributed by atoms with E-state index < -0.39 is 0 Å². The molecule has 0 heterocycles. The minimum atomic E-state index is -0.0950. The van der Waals surface area contributed by atoms with Gasteiger partial charge in [-0.1, -0.05) is 22.0 Å². The Morgan fingerprint density at radius 2 is 2.36 bits per heavy atom. The number of hydrogen-bond donors (Lipinski definition) is 0. The van der Waals surface area contributed by atoms with E-state index in [2.05, 4.69) is 22.5 Å². The van der Waals surface area contributed by atoms with Crippen LogP contribution >= 0.6 is 15.9 Å². The molecule has 3 heteroatoms. The van der Waals surface area contributed by atoms with Crippen molar-refractivity contribution in [2.75, 3.05) is 13.1 Å². The van der Waals surface area contributed by atoms with Crippen LogP contribution < -0.4 is 0 Å². The molecule has 0 N–H and O–H groups in total. The lowest BCUT2D eigenvalue weighted by Crippen LogP contribution is -2.35. The van der Waals surface area contributed by atoms with Gasteiger partial charge in [-0.15, -0.1) is 6.58 Å². The third-order valence-corrected chi connectivity index (χ3v) is 1.77. The first-order chi connectivity index (χ1) is 5.13. The van der Waals surface area contributed by atoms with E-state index in [9.17, 15) is 4.79 Å². The summed E-state index contributed by atoms with van der Waals surface area (Å²) in [5.74, 6) is 0.118. The molecule has 1 unspecified atom stereocenters. The van der Waals surface area contributed by atoms with E-state index >= 15 is 0 Å². The number of carbonyl (C=O) groups is 1. The molecule has 0 aliphatic carbocycles. The van der Waals surface area contributed by atoms with E-state index in [4.69, 9.17) is 0 Å². The lowest BCUT2D eigenvalue weighted by molar-refractivity contribution is -0.129. The molecule has 0 aliphatic rings. The summed E-state index contributed by atoms with van der Waals surface area (Å²) in [6.07, 6.45) is 1.73. The van der Waals surface area contributed by atoms with Gasteiger partial charge in [0, 0.05) is 13.1 Å². The highest BCUT2D eigenvalue weighted by molar-refractivity contribution is 9.10. The number of halogens is 1. The number of hydrogen-bond acceptors (Lipinski definition) is 1. The first-order valence-electron chi connectivity index (χ1n) is 3.67. The van der Waals surface area contributed by atoms with Crippen molar-refractivity contribution in [1.82, 2.24) is 4.90 Å². The van der Waals surface area contributed by atoms with Gasteiger partial charge in [-0.2, -0.15) is 0 Å². The van der Waals surface area contributed by atoms with Gasteiger partial charge in [0.25, 0.3) is 0 Å². The van der Waals surface area contributed by atoms with Crippen molar-refractivity contribution in [3.05, 3.63) is 12.7 Å². The number of alkyl halides is 1. The third kappa shape index (κ3) is 3.56. The molecule has 2 nitrogen and oxygen atoms in total. The van der Waals surface area contributed by atoms with E-state index in [1.54, 1.807) is 11.0 Å². The van der Waals surface area contributed by atoms with E-state index in [1.807, 2.05) is 13.8 Å². The number of carbonyl (C=O) groups excluding carboxylic acids is 1. The van der Waals surface area contributed by atoms with Crippen LogP contribution in [0.4, 0.5) is 0 Å². The molecular weight excluding hydrogens is 206 g/mol. The van der Waals surface area contributed by atoms with E-state index in [-0.39, 0.29) is 10.7 Å². The second-order valence-electron chi connectivity index (χ2n) is 2.28. The summed E-state index contributed by atoms with van der Waals surface area (Å²) in [6, 6.07) is 0. The van der Waals surface area contributed by atoms with Crippen LogP contribution in [0.3, 0.4) is 0 Å². The Morgan fingerprint density at radius 3 is 2.64 bits per heavy atom. The first-order valence-corrected chi connectivity index (χ1v) is 4.58. The predicted octanol–water partition coefficient (Wildman–Crippen LogP) is 1.80. The summed E-state index contributed by atoms with van der Waals surface area (Å²) in [5, 5.41) is 0. The van der Waals surface area contributed by atoms with Gasteiger partial charge in [-0.25, -0.2) is 0 Å². The Morgan fingerprint density at radius 1 is 1.82 bits per heavy atom. The summed E-state index contributed by atoms with van der Waals surface area (Å²) < 4.78 is 0. The van der Waals surface area contributed by atoms with Crippen molar-refractivity contribution >= 4 is 21.8 Å². The maximum absolute atomic E-state index is 11.3. The van der Waals surface area contributed by atoms with Crippen LogP contribution in [0.2, 0.25) is 0 Å². The molecule has 0 saturated carbocycles. The molecule has 0 fully saturated rings. The lowest BCUT2D eigenvalue weighted by Gasteiger charge is -2.19. The maximum atomic E-state index is 11.3. The predicted molar refractivity (Wildman–Crippen MR) is 50.8 cm³/mol. The number of amides is 1. The summed E-state index contributed by atoms with van der Waals surface area (Å²) in [6.45, 7) is 8.73. The molecule has 1 atom stereocenters. The van der Waals surface area contributed by atoms with Crippen LogP contribution in [0.1, 0.15) is 13.8 Å². The van der Waals surface area contributed by atoms with Crippen molar-refractivity contribution in [2.45, 2.75) is 18.7 Å². The fourth-order valence-corrected chi connectivity index (χ4v) is 1.07. The molecule has 0 saturated heterocycles. The van der Waals surface area contributed by atoms with Crippen LogP contribution in [0, 0.1) is 0 Å². The van der Waals surface area contributed by atoms with Crippen molar-refractivity contribution in [1.29, 1.82) is 0 Å². The number of rotatable bonds is 4.